The van der Waals surface area contributed by atoms with E-state index in [-0.39, 0.29) is 5.82 Å². The number of aromatic nitrogens is 2. The van der Waals surface area contributed by atoms with Crippen molar-refractivity contribution in [3.63, 3.8) is 0 Å². The van der Waals surface area contributed by atoms with Gasteiger partial charge in [0.1, 0.15) is 5.82 Å². The Bertz CT molecular complexity index is 736. The number of halogens is 1. The van der Waals surface area contributed by atoms with E-state index in [1.54, 1.807) is 23.8 Å². The summed E-state index contributed by atoms with van der Waals surface area (Å²) < 4.78 is 20.4. The van der Waals surface area contributed by atoms with E-state index in [0.717, 1.165) is 16.6 Å². The Hall–Kier alpha value is -2.40. The largest absolute Gasteiger partial charge is 0.369 e. The van der Waals surface area contributed by atoms with Crippen LogP contribution in [0.15, 0.2) is 48.5 Å². The zero-order chi connectivity index (χ0) is 14.1. The lowest BCUT2D eigenvalue weighted by Crippen LogP contribution is -2.15. The minimum absolute atomic E-state index is 0.285. The Labute approximate surface area is 115 Å². The molecule has 0 aliphatic rings. The molecule has 0 aliphatic carbocycles. The predicted octanol–water partition coefficient (Wildman–Crippen LogP) is 2.95. The minimum atomic E-state index is -0.442. The van der Waals surface area contributed by atoms with E-state index in [4.69, 9.17) is 10.5 Å². The molecule has 1 heterocycles. The Kier molecular flexibility index (Phi) is 3.12. The van der Waals surface area contributed by atoms with Gasteiger partial charge in [-0.05, 0) is 24.3 Å². The Balaban J connectivity index is 2.16. The van der Waals surface area contributed by atoms with Crippen LogP contribution in [0.1, 0.15) is 11.8 Å². The molecule has 4 nitrogen and oxygen atoms in total. The average Bonchev–Trinajstić information content (AvgIpc) is 2.79. The second kappa shape index (κ2) is 4.94. The lowest BCUT2D eigenvalue weighted by atomic mass is 10.2. The zero-order valence-corrected chi connectivity index (χ0v) is 11.0. The summed E-state index contributed by atoms with van der Waals surface area (Å²) in [6, 6.07) is 13.8. The van der Waals surface area contributed by atoms with Gasteiger partial charge in [-0.15, -0.1) is 0 Å². The lowest BCUT2D eigenvalue weighted by Gasteiger charge is -2.19. The average molecular weight is 271 g/mol. The van der Waals surface area contributed by atoms with Gasteiger partial charge >= 0.3 is 0 Å². The van der Waals surface area contributed by atoms with Gasteiger partial charge in [-0.3, -0.25) is 4.57 Å². The molecule has 3 aromatic rings. The van der Waals surface area contributed by atoms with E-state index in [1.165, 1.54) is 12.1 Å². The van der Waals surface area contributed by atoms with Crippen LogP contribution in [0.3, 0.4) is 0 Å². The third kappa shape index (κ3) is 2.02. The number of benzene rings is 2. The van der Waals surface area contributed by atoms with Crippen molar-refractivity contribution < 1.29 is 9.13 Å². The van der Waals surface area contributed by atoms with E-state index in [2.05, 4.69) is 4.98 Å². The molecule has 1 atom stereocenters. The highest BCUT2D eigenvalue weighted by molar-refractivity contribution is 5.78. The van der Waals surface area contributed by atoms with Crippen molar-refractivity contribution in [2.24, 2.45) is 0 Å². The van der Waals surface area contributed by atoms with Crippen LogP contribution in [0.5, 0.6) is 0 Å². The molecule has 1 unspecified atom stereocenters. The lowest BCUT2D eigenvalue weighted by molar-refractivity contribution is 0.0835. The van der Waals surface area contributed by atoms with E-state index in [0.29, 0.717) is 5.95 Å². The molecule has 5 heteroatoms. The third-order valence-corrected chi connectivity index (χ3v) is 3.24. The highest BCUT2D eigenvalue weighted by Gasteiger charge is 2.18. The van der Waals surface area contributed by atoms with Gasteiger partial charge in [-0.2, -0.15) is 0 Å². The normalized spacial score (nSPS) is 12.7. The molecule has 0 saturated heterocycles. The van der Waals surface area contributed by atoms with E-state index in [1.807, 2.05) is 24.3 Å². The molecule has 3 rings (SSSR count). The molecule has 0 amide bonds. The van der Waals surface area contributed by atoms with Crippen molar-refractivity contribution in [1.82, 2.24) is 9.55 Å². The molecule has 0 aliphatic heterocycles. The van der Waals surface area contributed by atoms with Crippen LogP contribution in [0, 0.1) is 5.82 Å². The number of rotatable bonds is 3. The standard InChI is InChI=1S/C15H14FN3O/c1-20-14(10-6-8-11(16)9-7-10)19-13-5-3-2-4-12(13)18-15(19)17/h2-9,14H,1H3,(H2,17,18). The fourth-order valence-corrected chi connectivity index (χ4v) is 2.33. The number of hydrogen-bond acceptors (Lipinski definition) is 3. The van der Waals surface area contributed by atoms with Gasteiger partial charge in [0.15, 0.2) is 6.23 Å². The minimum Gasteiger partial charge on any atom is -0.369 e. The second-order valence-electron chi connectivity index (χ2n) is 4.47. The quantitative estimate of drug-likeness (QED) is 0.796. The number of nitrogens with zero attached hydrogens (tertiary/aromatic N) is 2. The van der Waals surface area contributed by atoms with Gasteiger partial charge in [0.05, 0.1) is 11.0 Å². The summed E-state index contributed by atoms with van der Waals surface area (Å²) in [7, 11) is 1.59. The highest BCUT2D eigenvalue weighted by Crippen LogP contribution is 2.28. The number of hydrogen-bond donors (Lipinski definition) is 1. The summed E-state index contributed by atoms with van der Waals surface area (Å²) in [5, 5.41) is 0. The van der Waals surface area contributed by atoms with E-state index in [9.17, 15) is 4.39 Å². The molecular formula is C15H14FN3O. The monoisotopic (exact) mass is 271 g/mol. The molecule has 0 spiro atoms. The number of nitrogens with two attached hydrogens (primary N) is 1. The summed E-state index contributed by atoms with van der Waals surface area (Å²) in [5.41, 5.74) is 8.48. The van der Waals surface area contributed by atoms with Crippen molar-refractivity contribution in [3.8, 4) is 0 Å². The SMILES string of the molecule is COC(c1ccc(F)cc1)n1c(N)nc2ccccc21. The highest BCUT2D eigenvalue weighted by atomic mass is 19.1. The topological polar surface area (TPSA) is 53.1 Å². The summed E-state index contributed by atoms with van der Waals surface area (Å²) in [5.74, 6) is 0.0782. The van der Waals surface area contributed by atoms with Crippen LogP contribution in [0.25, 0.3) is 11.0 Å². The first kappa shape index (κ1) is 12.6. The fourth-order valence-electron chi connectivity index (χ4n) is 2.33. The molecular weight excluding hydrogens is 257 g/mol. The van der Waals surface area contributed by atoms with Crippen LogP contribution in [-0.2, 0) is 4.74 Å². The van der Waals surface area contributed by atoms with Gasteiger partial charge in [0.25, 0.3) is 0 Å². The van der Waals surface area contributed by atoms with Crippen LogP contribution in [-0.4, -0.2) is 16.7 Å². The molecule has 102 valence electrons. The fraction of sp³-hybridized carbons (Fsp3) is 0.133. The number of anilines is 1. The predicted molar refractivity (Wildman–Crippen MR) is 75.7 cm³/mol. The van der Waals surface area contributed by atoms with Crippen molar-refractivity contribution in [3.05, 3.63) is 59.9 Å². The maximum atomic E-state index is 13.0. The number of methoxy groups -OCH3 is 1. The molecule has 1 aromatic heterocycles. The molecule has 0 saturated carbocycles. The molecule has 0 radical (unpaired) electrons. The maximum absolute atomic E-state index is 13.0. The van der Waals surface area contributed by atoms with E-state index < -0.39 is 6.23 Å². The first-order valence-electron chi connectivity index (χ1n) is 6.21. The van der Waals surface area contributed by atoms with Gasteiger partial charge in [0, 0.05) is 12.7 Å². The van der Waals surface area contributed by atoms with Crippen LogP contribution in [0.2, 0.25) is 0 Å². The van der Waals surface area contributed by atoms with E-state index >= 15 is 0 Å². The van der Waals surface area contributed by atoms with Gasteiger partial charge in [-0.1, -0.05) is 24.3 Å². The number of fused-ring (bicyclic) bond motifs is 1. The molecule has 0 fully saturated rings. The summed E-state index contributed by atoms with van der Waals surface area (Å²) in [6.45, 7) is 0. The van der Waals surface area contributed by atoms with Crippen molar-refractivity contribution in [1.29, 1.82) is 0 Å². The smallest absolute Gasteiger partial charge is 0.203 e. The van der Waals surface area contributed by atoms with Crippen LogP contribution < -0.4 is 5.73 Å². The Morgan fingerprint density at radius 1 is 1.15 bits per heavy atom. The molecule has 2 aromatic carbocycles. The Morgan fingerprint density at radius 3 is 2.55 bits per heavy atom. The molecule has 0 bridgehead atoms. The zero-order valence-electron chi connectivity index (χ0n) is 11.0. The molecule has 20 heavy (non-hydrogen) atoms. The number of para-hydroxylation sites is 2. The van der Waals surface area contributed by atoms with Crippen LogP contribution in [0.4, 0.5) is 10.3 Å². The van der Waals surface area contributed by atoms with Gasteiger partial charge < -0.3 is 10.5 Å². The molecule has 2 N–H and O–H groups in total. The summed E-state index contributed by atoms with van der Waals surface area (Å²) >= 11 is 0. The third-order valence-electron chi connectivity index (χ3n) is 3.24. The second-order valence-corrected chi connectivity index (χ2v) is 4.47. The van der Waals surface area contributed by atoms with Gasteiger partial charge in [0.2, 0.25) is 5.95 Å². The number of imidazole rings is 1. The van der Waals surface area contributed by atoms with Gasteiger partial charge in [-0.25, -0.2) is 9.37 Å². The Morgan fingerprint density at radius 2 is 1.85 bits per heavy atom. The van der Waals surface area contributed by atoms with Crippen LogP contribution >= 0.6 is 0 Å². The summed E-state index contributed by atoms with van der Waals surface area (Å²) in [4.78, 5) is 4.31. The van der Waals surface area contributed by atoms with Crippen molar-refractivity contribution in [2.75, 3.05) is 12.8 Å². The first-order valence-corrected chi connectivity index (χ1v) is 6.21. The van der Waals surface area contributed by atoms with Crippen molar-refractivity contribution >= 4 is 17.0 Å². The van der Waals surface area contributed by atoms with Crippen molar-refractivity contribution in [2.45, 2.75) is 6.23 Å². The summed E-state index contributed by atoms with van der Waals surface area (Å²) in [6.07, 6.45) is -0.442. The maximum Gasteiger partial charge on any atom is 0.203 e. The first-order chi connectivity index (χ1) is 9.70. The number of nitrogen functional groups attached to an aromatic ring is 1. The number of ether oxygens (including phenoxy) is 1.